The highest BCUT2D eigenvalue weighted by molar-refractivity contribution is 5.84. The van der Waals surface area contributed by atoms with E-state index in [1.807, 2.05) is 32.0 Å². The first-order chi connectivity index (χ1) is 7.76. The van der Waals surface area contributed by atoms with Crippen LogP contribution in [0.1, 0.15) is 19.5 Å². The van der Waals surface area contributed by atoms with Gasteiger partial charge in [-0.15, -0.1) is 0 Å². The lowest BCUT2D eigenvalue weighted by Gasteiger charge is -2.08. The molecule has 2 aromatic rings. The highest BCUT2D eigenvalue weighted by atomic mass is 16.5. The molecule has 0 fully saturated rings. The Morgan fingerprint density at radius 1 is 1.31 bits per heavy atom. The normalized spacial score (nSPS) is 10.6. The van der Waals surface area contributed by atoms with Crippen LogP contribution in [0.2, 0.25) is 0 Å². The molecule has 0 aliphatic carbocycles. The first-order valence-corrected chi connectivity index (χ1v) is 5.54. The first-order valence-electron chi connectivity index (χ1n) is 5.54. The molecule has 2 rings (SSSR count). The molecule has 3 nitrogen and oxygen atoms in total. The van der Waals surface area contributed by atoms with Crippen molar-refractivity contribution in [1.29, 1.82) is 0 Å². The van der Waals surface area contributed by atoms with Gasteiger partial charge < -0.3 is 9.72 Å². The van der Waals surface area contributed by atoms with E-state index in [4.69, 9.17) is 4.74 Å². The maximum atomic E-state index is 11.8. The largest absolute Gasteiger partial charge is 0.492 e. The fourth-order valence-electron chi connectivity index (χ4n) is 1.76. The lowest BCUT2D eigenvalue weighted by atomic mass is 10.1. The minimum absolute atomic E-state index is 0.0483. The van der Waals surface area contributed by atoms with Crippen LogP contribution < -0.4 is 10.2 Å². The number of ether oxygens (including phenoxy) is 1. The van der Waals surface area contributed by atoms with Gasteiger partial charge in [-0.3, -0.25) is 4.79 Å². The number of aryl methyl sites for hydroxylation is 1. The topological polar surface area (TPSA) is 42.1 Å². The van der Waals surface area contributed by atoms with Crippen LogP contribution in [0.5, 0.6) is 5.75 Å². The average Bonchev–Trinajstić information content (AvgIpc) is 2.30. The number of benzene rings is 1. The van der Waals surface area contributed by atoms with E-state index in [1.54, 1.807) is 6.07 Å². The molecule has 0 aliphatic heterocycles. The Kier molecular flexibility index (Phi) is 2.95. The Balaban J connectivity index is 2.74. The monoisotopic (exact) mass is 217 g/mol. The summed E-state index contributed by atoms with van der Waals surface area (Å²) < 4.78 is 5.50. The van der Waals surface area contributed by atoms with Gasteiger partial charge in [0.1, 0.15) is 5.75 Å². The summed E-state index contributed by atoms with van der Waals surface area (Å²) in [6, 6.07) is 7.18. The Morgan fingerprint density at radius 2 is 2.12 bits per heavy atom. The summed E-state index contributed by atoms with van der Waals surface area (Å²) >= 11 is 0. The summed E-state index contributed by atoms with van der Waals surface area (Å²) in [4.78, 5) is 15.1. The number of hydrogen-bond donors (Lipinski definition) is 1. The lowest BCUT2D eigenvalue weighted by molar-refractivity contribution is 0.343. The fraction of sp³-hybridized carbons (Fsp3) is 0.308. The number of nitrogens with one attached hydrogen (secondary N) is 1. The minimum atomic E-state index is 0.0483. The number of H-pyrrole nitrogens is 1. The Hall–Kier alpha value is -1.77. The van der Waals surface area contributed by atoms with Crippen LogP contribution in [0.3, 0.4) is 0 Å². The first kappa shape index (κ1) is 10.7. The van der Waals surface area contributed by atoms with E-state index in [0.29, 0.717) is 12.0 Å². The van der Waals surface area contributed by atoms with Crippen LogP contribution in [-0.4, -0.2) is 11.6 Å². The zero-order chi connectivity index (χ0) is 11.5. The van der Waals surface area contributed by atoms with Crippen molar-refractivity contribution in [3.63, 3.8) is 0 Å². The molecule has 3 heteroatoms. The van der Waals surface area contributed by atoms with Gasteiger partial charge >= 0.3 is 0 Å². The molecule has 0 aliphatic rings. The van der Waals surface area contributed by atoms with Gasteiger partial charge in [0, 0.05) is 17.1 Å². The Labute approximate surface area is 94.1 Å². The Bertz CT molecular complexity index is 557. The van der Waals surface area contributed by atoms with E-state index in [9.17, 15) is 4.79 Å². The molecule has 0 amide bonds. The molecule has 0 radical (unpaired) electrons. The number of para-hydroxylation sites is 1. The SMILES string of the molecule is CCOc1cccc2c(=O)cc(CC)[nH]c12. The molecule has 84 valence electrons. The number of aromatic amines is 1. The molecule has 0 spiro atoms. The Morgan fingerprint density at radius 3 is 2.81 bits per heavy atom. The summed E-state index contributed by atoms with van der Waals surface area (Å²) in [5.74, 6) is 0.743. The number of hydrogen-bond acceptors (Lipinski definition) is 2. The summed E-state index contributed by atoms with van der Waals surface area (Å²) in [5, 5.41) is 0.683. The van der Waals surface area contributed by atoms with E-state index in [1.165, 1.54) is 0 Å². The van der Waals surface area contributed by atoms with Crippen molar-refractivity contribution in [2.45, 2.75) is 20.3 Å². The third kappa shape index (κ3) is 1.81. The van der Waals surface area contributed by atoms with Crippen LogP contribution in [0.4, 0.5) is 0 Å². The summed E-state index contributed by atoms with van der Waals surface area (Å²) in [5.41, 5.74) is 1.78. The quantitative estimate of drug-likeness (QED) is 0.858. The van der Waals surface area contributed by atoms with Crippen molar-refractivity contribution in [1.82, 2.24) is 4.98 Å². The predicted octanol–water partition coefficient (Wildman–Crippen LogP) is 2.49. The van der Waals surface area contributed by atoms with Gasteiger partial charge in [0.05, 0.1) is 12.1 Å². The zero-order valence-electron chi connectivity index (χ0n) is 9.54. The van der Waals surface area contributed by atoms with Crippen molar-refractivity contribution in [2.24, 2.45) is 0 Å². The molecule has 0 saturated carbocycles. The predicted molar refractivity (Wildman–Crippen MR) is 65.1 cm³/mol. The van der Waals surface area contributed by atoms with Crippen molar-refractivity contribution in [2.75, 3.05) is 6.61 Å². The van der Waals surface area contributed by atoms with Crippen molar-refractivity contribution >= 4 is 10.9 Å². The van der Waals surface area contributed by atoms with Gasteiger partial charge in [-0.25, -0.2) is 0 Å². The van der Waals surface area contributed by atoms with E-state index >= 15 is 0 Å². The number of fused-ring (bicyclic) bond motifs is 1. The number of pyridine rings is 1. The fourth-order valence-corrected chi connectivity index (χ4v) is 1.76. The van der Waals surface area contributed by atoms with Gasteiger partial charge in [0.25, 0.3) is 0 Å². The molecular formula is C13H15NO2. The highest BCUT2D eigenvalue weighted by Gasteiger charge is 2.05. The second-order valence-electron chi connectivity index (χ2n) is 3.62. The van der Waals surface area contributed by atoms with Gasteiger partial charge in [-0.05, 0) is 25.5 Å². The molecule has 0 bridgehead atoms. The maximum Gasteiger partial charge on any atom is 0.189 e. The third-order valence-electron chi connectivity index (χ3n) is 2.56. The average molecular weight is 217 g/mol. The van der Waals surface area contributed by atoms with Gasteiger partial charge in [-0.1, -0.05) is 13.0 Å². The van der Waals surface area contributed by atoms with E-state index in [2.05, 4.69) is 4.98 Å². The summed E-state index contributed by atoms with van der Waals surface area (Å²) in [7, 11) is 0. The second-order valence-corrected chi connectivity index (χ2v) is 3.62. The number of aromatic nitrogens is 1. The van der Waals surface area contributed by atoms with E-state index in [0.717, 1.165) is 23.4 Å². The van der Waals surface area contributed by atoms with Crippen molar-refractivity contribution < 1.29 is 4.74 Å². The molecule has 16 heavy (non-hydrogen) atoms. The van der Waals surface area contributed by atoms with Gasteiger partial charge in [-0.2, -0.15) is 0 Å². The molecule has 1 aromatic heterocycles. The van der Waals surface area contributed by atoms with Crippen molar-refractivity contribution in [3.05, 3.63) is 40.2 Å². The molecule has 0 saturated heterocycles. The minimum Gasteiger partial charge on any atom is -0.492 e. The van der Waals surface area contributed by atoms with Crippen LogP contribution in [0, 0.1) is 0 Å². The molecule has 0 unspecified atom stereocenters. The molecular weight excluding hydrogens is 202 g/mol. The van der Waals surface area contributed by atoms with Crippen molar-refractivity contribution in [3.8, 4) is 5.75 Å². The summed E-state index contributed by atoms with van der Waals surface area (Å²) in [6.07, 6.45) is 0.811. The van der Waals surface area contributed by atoms with Gasteiger partial charge in [0.15, 0.2) is 5.43 Å². The highest BCUT2D eigenvalue weighted by Crippen LogP contribution is 2.21. The maximum absolute atomic E-state index is 11.8. The smallest absolute Gasteiger partial charge is 0.189 e. The summed E-state index contributed by atoms with van der Waals surface area (Å²) in [6.45, 7) is 4.54. The number of rotatable bonds is 3. The molecule has 1 heterocycles. The van der Waals surface area contributed by atoms with Crippen LogP contribution in [0.15, 0.2) is 29.1 Å². The molecule has 1 aromatic carbocycles. The van der Waals surface area contributed by atoms with Gasteiger partial charge in [0.2, 0.25) is 0 Å². The van der Waals surface area contributed by atoms with Crippen LogP contribution >= 0.6 is 0 Å². The van der Waals surface area contributed by atoms with Crippen LogP contribution in [-0.2, 0) is 6.42 Å². The molecule has 0 atom stereocenters. The zero-order valence-corrected chi connectivity index (χ0v) is 9.54. The van der Waals surface area contributed by atoms with E-state index in [-0.39, 0.29) is 5.43 Å². The van der Waals surface area contributed by atoms with E-state index < -0.39 is 0 Å². The van der Waals surface area contributed by atoms with Crippen LogP contribution in [0.25, 0.3) is 10.9 Å². The standard InChI is InChI=1S/C13H15NO2/c1-3-9-8-11(15)10-6-5-7-12(16-4-2)13(10)14-9/h5-8H,3-4H2,1-2H3,(H,14,15). The third-order valence-corrected chi connectivity index (χ3v) is 2.56. The molecule has 1 N–H and O–H groups in total. The second kappa shape index (κ2) is 4.39. The lowest BCUT2D eigenvalue weighted by Crippen LogP contribution is -2.06.